The van der Waals surface area contributed by atoms with Crippen molar-refractivity contribution in [2.45, 2.75) is 6.92 Å². The van der Waals surface area contributed by atoms with E-state index in [4.69, 9.17) is 11.6 Å². The normalized spacial score (nSPS) is 10.2. The summed E-state index contributed by atoms with van der Waals surface area (Å²) >= 11 is 9.29. The van der Waals surface area contributed by atoms with Gasteiger partial charge in [0.2, 0.25) is 0 Å². The van der Waals surface area contributed by atoms with Crippen LogP contribution in [0.3, 0.4) is 0 Å². The highest BCUT2D eigenvalue weighted by Gasteiger charge is 2.09. The van der Waals surface area contributed by atoms with Crippen LogP contribution >= 0.6 is 27.5 Å². The summed E-state index contributed by atoms with van der Waals surface area (Å²) in [7, 11) is 0. The summed E-state index contributed by atoms with van der Waals surface area (Å²) in [5.74, 6) is -0.275. The molecule has 0 radical (unpaired) electrons. The lowest BCUT2D eigenvalue weighted by atomic mass is 10.2. The average molecular weight is 355 g/mol. The van der Waals surface area contributed by atoms with Crippen LogP contribution in [-0.4, -0.2) is 17.4 Å². The van der Waals surface area contributed by atoms with Gasteiger partial charge in [-0.1, -0.05) is 11.6 Å². The van der Waals surface area contributed by atoms with Crippen LogP contribution in [0.15, 0.2) is 41.0 Å². The number of carbonyl (C=O) groups excluding carboxylic acids is 1. The van der Waals surface area contributed by atoms with E-state index in [1.165, 1.54) is 0 Å². The number of aromatic nitrogens is 1. The van der Waals surface area contributed by atoms with E-state index in [9.17, 15) is 4.79 Å². The maximum absolute atomic E-state index is 12.1. The van der Waals surface area contributed by atoms with Crippen molar-refractivity contribution in [3.63, 3.8) is 0 Å². The number of nitrogens with zero attached hydrogens (tertiary/aromatic N) is 1. The molecule has 4 nitrogen and oxygen atoms in total. The molecule has 0 unspecified atom stereocenters. The van der Waals surface area contributed by atoms with Crippen molar-refractivity contribution in [3.8, 4) is 0 Å². The fourth-order valence-electron chi connectivity index (χ4n) is 1.64. The Kier molecular flexibility index (Phi) is 4.98. The zero-order chi connectivity index (χ0) is 14.5. The average Bonchev–Trinajstić information content (AvgIpc) is 2.43. The number of benzene rings is 1. The fraction of sp³-hybridized carbons (Fsp3) is 0.143. The maximum Gasteiger partial charge on any atom is 0.274 e. The highest BCUT2D eigenvalue weighted by Crippen LogP contribution is 2.25. The van der Waals surface area contributed by atoms with Gasteiger partial charge in [0.25, 0.3) is 5.91 Å². The lowest BCUT2D eigenvalue weighted by molar-refractivity contribution is 0.102. The number of amides is 1. The molecule has 1 amide bonds. The lowest BCUT2D eigenvalue weighted by Crippen LogP contribution is -2.14. The van der Waals surface area contributed by atoms with Crippen LogP contribution < -0.4 is 10.6 Å². The largest absolute Gasteiger partial charge is 0.385 e. The van der Waals surface area contributed by atoms with Gasteiger partial charge in [-0.15, -0.1) is 0 Å². The van der Waals surface area contributed by atoms with Crippen molar-refractivity contribution in [1.29, 1.82) is 0 Å². The van der Waals surface area contributed by atoms with Gasteiger partial charge >= 0.3 is 0 Å². The molecule has 2 rings (SSSR count). The number of pyridine rings is 1. The van der Waals surface area contributed by atoms with E-state index in [0.717, 1.165) is 16.7 Å². The van der Waals surface area contributed by atoms with E-state index in [2.05, 4.69) is 31.5 Å². The minimum atomic E-state index is -0.275. The molecule has 0 aliphatic heterocycles. The van der Waals surface area contributed by atoms with E-state index in [0.29, 0.717) is 16.4 Å². The number of carbonyl (C=O) groups is 1. The quantitative estimate of drug-likeness (QED) is 0.866. The molecule has 0 fully saturated rings. The number of halogens is 2. The number of rotatable bonds is 4. The standard InChI is InChI=1S/C14H13BrClN3O/c1-2-17-9-5-6-18-13(8-9)14(20)19-10-3-4-11(15)12(16)7-10/h3-8H,2H2,1H3,(H,17,18)(H,19,20). The summed E-state index contributed by atoms with van der Waals surface area (Å²) in [5, 5.41) is 6.44. The molecule has 0 bridgehead atoms. The highest BCUT2D eigenvalue weighted by molar-refractivity contribution is 9.10. The molecule has 2 aromatic rings. The van der Waals surface area contributed by atoms with Gasteiger partial charge in [0.1, 0.15) is 5.69 Å². The lowest BCUT2D eigenvalue weighted by Gasteiger charge is -2.08. The van der Waals surface area contributed by atoms with Crippen molar-refractivity contribution in [1.82, 2.24) is 4.98 Å². The van der Waals surface area contributed by atoms with Gasteiger partial charge in [0, 0.05) is 28.6 Å². The molecular formula is C14H13BrClN3O. The van der Waals surface area contributed by atoms with Crippen molar-refractivity contribution in [2.24, 2.45) is 0 Å². The minimum absolute atomic E-state index is 0.275. The molecule has 104 valence electrons. The molecule has 1 aromatic heterocycles. The van der Waals surface area contributed by atoms with E-state index in [-0.39, 0.29) is 5.91 Å². The van der Waals surface area contributed by atoms with Crippen LogP contribution in [0.5, 0.6) is 0 Å². The second-order valence-electron chi connectivity index (χ2n) is 4.04. The van der Waals surface area contributed by atoms with Gasteiger partial charge in [-0.3, -0.25) is 9.78 Å². The van der Waals surface area contributed by atoms with Crippen molar-refractivity contribution >= 4 is 44.8 Å². The Morgan fingerprint density at radius 1 is 1.30 bits per heavy atom. The summed E-state index contributed by atoms with van der Waals surface area (Å²) in [6.07, 6.45) is 1.60. The first-order valence-electron chi connectivity index (χ1n) is 6.06. The van der Waals surface area contributed by atoms with Crippen LogP contribution in [0, 0.1) is 0 Å². The molecule has 1 heterocycles. The van der Waals surface area contributed by atoms with Gasteiger partial charge in [-0.05, 0) is 53.2 Å². The van der Waals surface area contributed by atoms with Crippen molar-refractivity contribution < 1.29 is 4.79 Å². The zero-order valence-corrected chi connectivity index (χ0v) is 13.1. The monoisotopic (exact) mass is 353 g/mol. The smallest absolute Gasteiger partial charge is 0.274 e. The fourth-order valence-corrected chi connectivity index (χ4v) is 2.06. The number of hydrogen-bond acceptors (Lipinski definition) is 3. The van der Waals surface area contributed by atoms with Crippen LogP contribution in [0.1, 0.15) is 17.4 Å². The third-order valence-electron chi connectivity index (χ3n) is 2.55. The Labute approximate surface area is 130 Å². The topological polar surface area (TPSA) is 54.0 Å². The predicted octanol–water partition coefficient (Wildman–Crippen LogP) is 4.18. The Balaban J connectivity index is 2.15. The van der Waals surface area contributed by atoms with Gasteiger partial charge in [-0.25, -0.2) is 0 Å². The van der Waals surface area contributed by atoms with E-state index >= 15 is 0 Å². The second kappa shape index (κ2) is 6.72. The number of nitrogens with one attached hydrogen (secondary N) is 2. The van der Waals surface area contributed by atoms with Crippen molar-refractivity contribution in [3.05, 3.63) is 51.7 Å². The Bertz CT molecular complexity index is 634. The molecule has 0 aliphatic carbocycles. The van der Waals surface area contributed by atoms with E-state index < -0.39 is 0 Å². The van der Waals surface area contributed by atoms with Crippen LogP contribution in [0.2, 0.25) is 5.02 Å². The molecule has 0 saturated carbocycles. The van der Waals surface area contributed by atoms with Gasteiger partial charge in [0.05, 0.1) is 5.02 Å². The summed E-state index contributed by atoms with van der Waals surface area (Å²) in [6.45, 7) is 2.78. The van der Waals surface area contributed by atoms with Gasteiger partial charge < -0.3 is 10.6 Å². The molecule has 6 heteroatoms. The third-order valence-corrected chi connectivity index (χ3v) is 3.78. The van der Waals surface area contributed by atoms with Crippen LogP contribution in [0.4, 0.5) is 11.4 Å². The Hall–Kier alpha value is -1.59. The van der Waals surface area contributed by atoms with Crippen molar-refractivity contribution in [2.75, 3.05) is 17.2 Å². The minimum Gasteiger partial charge on any atom is -0.385 e. The molecule has 0 spiro atoms. The SMILES string of the molecule is CCNc1ccnc(C(=O)Nc2ccc(Br)c(Cl)c2)c1. The molecule has 20 heavy (non-hydrogen) atoms. The summed E-state index contributed by atoms with van der Waals surface area (Å²) < 4.78 is 0.782. The molecule has 0 aliphatic rings. The molecule has 1 aromatic carbocycles. The Morgan fingerprint density at radius 3 is 2.80 bits per heavy atom. The second-order valence-corrected chi connectivity index (χ2v) is 5.30. The van der Waals surface area contributed by atoms with E-state index in [1.54, 1.807) is 30.5 Å². The Morgan fingerprint density at radius 2 is 2.10 bits per heavy atom. The predicted molar refractivity (Wildman–Crippen MR) is 85.5 cm³/mol. The summed E-state index contributed by atoms with van der Waals surface area (Å²) in [5.41, 5.74) is 1.84. The molecule has 0 atom stereocenters. The summed E-state index contributed by atoms with van der Waals surface area (Å²) in [6, 6.07) is 8.75. The first kappa shape index (κ1) is 14.8. The first-order chi connectivity index (χ1) is 9.60. The van der Waals surface area contributed by atoms with Gasteiger partial charge in [0.15, 0.2) is 0 Å². The molecule has 0 saturated heterocycles. The zero-order valence-electron chi connectivity index (χ0n) is 10.8. The first-order valence-corrected chi connectivity index (χ1v) is 7.23. The number of hydrogen-bond donors (Lipinski definition) is 2. The maximum atomic E-state index is 12.1. The molecule has 2 N–H and O–H groups in total. The number of anilines is 2. The summed E-state index contributed by atoms with van der Waals surface area (Å²) in [4.78, 5) is 16.2. The van der Waals surface area contributed by atoms with Crippen LogP contribution in [-0.2, 0) is 0 Å². The third kappa shape index (κ3) is 3.71. The van der Waals surface area contributed by atoms with Gasteiger partial charge in [-0.2, -0.15) is 0 Å². The highest BCUT2D eigenvalue weighted by atomic mass is 79.9. The van der Waals surface area contributed by atoms with Crippen LogP contribution in [0.25, 0.3) is 0 Å². The molecular weight excluding hydrogens is 342 g/mol. The van der Waals surface area contributed by atoms with E-state index in [1.807, 2.05) is 13.0 Å².